The molecule has 4 aromatic rings. The van der Waals surface area contributed by atoms with Crippen LogP contribution in [0.2, 0.25) is 0 Å². The van der Waals surface area contributed by atoms with E-state index in [-0.39, 0.29) is 17.5 Å². The molecule has 0 aliphatic carbocycles. The lowest BCUT2D eigenvalue weighted by Gasteiger charge is -2.15. The molecule has 1 atom stereocenters. The first kappa shape index (κ1) is 18.7. The first-order valence-electron chi connectivity index (χ1n) is 9.46. The summed E-state index contributed by atoms with van der Waals surface area (Å²) < 4.78 is 22.1. The summed E-state index contributed by atoms with van der Waals surface area (Å²) in [6.45, 7) is 1.18. The highest BCUT2D eigenvalue weighted by molar-refractivity contribution is 7.98. The molecule has 1 aliphatic rings. The smallest absolute Gasteiger partial charge is 0.272 e. The second-order valence-corrected chi connectivity index (χ2v) is 8.90. The Balaban J connectivity index is 1.61. The Labute approximate surface area is 174 Å². The maximum atomic E-state index is 14.1. The number of aromatic nitrogens is 3. The van der Waals surface area contributed by atoms with E-state index < -0.39 is 0 Å². The first-order chi connectivity index (χ1) is 14.2. The Morgan fingerprint density at radius 2 is 2.17 bits per heavy atom. The molecule has 1 saturated heterocycles. The molecule has 0 spiro atoms. The number of hydrogen-bond donors (Lipinski definition) is 0. The Bertz CT molecular complexity index is 1250. The average molecular weight is 428 g/mol. The molecule has 4 heterocycles. The fourth-order valence-electron chi connectivity index (χ4n) is 3.56. The Kier molecular flexibility index (Phi) is 5.07. The van der Waals surface area contributed by atoms with Crippen molar-refractivity contribution in [2.45, 2.75) is 36.4 Å². The summed E-state index contributed by atoms with van der Waals surface area (Å²) in [5.74, 6) is 0.149. The second-order valence-electron chi connectivity index (χ2n) is 6.96. The van der Waals surface area contributed by atoms with E-state index in [2.05, 4.69) is 4.98 Å². The molecule has 1 fully saturated rings. The van der Waals surface area contributed by atoms with Crippen molar-refractivity contribution in [1.82, 2.24) is 14.5 Å². The molecule has 8 heteroatoms. The van der Waals surface area contributed by atoms with E-state index in [9.17, 15) is 9.18 Å². The zero-order valence-electron chi connectivity index (χ0n) is 15.5. The van der Waals surface area contributed by atoms with Gasteiger partial charge < -0.3 is 4.74 Å². The SMILES string of the molecule is O=c1c2sc3ncccc3c2nc(SCc2ccccc2F)n1CC1CCCO1. The summed E-state index contributed by atoms with van der Waals surface area (Å²) in [5.41, 5.74) is 1.18. The minimum Gasteiger partial charge on any atom is -0.376 e. The summed E-state index contributed by atoms with van der Waals surface area (Å²) in [5, 5.41) is 1.46. The van der Waals surface area contributed by atoms with Gasteiger partial charge >= 0.3 is 0 Å². The summed E-state index contributed by atoms with van der Waals surface area (Å²) >= 11 is 2.75. The summed E-state index contributed by atoms with van der Waals surface area (Å²) in [4.78, 5) is 23.4. The standard InChI is InChI=1S/C21H18FN3O2S2/c22-16-8-2-1-5-13(16)12-28-21-24-17-15-7-3-9-23-19(15)29-18(17)20(26)25(21)11-14-6-4-10-27-14/h1-3,5,7-9,14H,4,6,10-12H2. The van der Waals surface area contributed by atoms with Gasteiger partial charge in [-0.15, -0.1) is 11.3 Å². The Morgan fingerprint density at radius 1 is 1.28 bits per heavy atom. The van der Waals surface area contributed by atoms with Gasteiger partial charge in [-0.3, -0.25) is 9.36 Å². The largest absolute Gasteiger partial charge is 0.376 e. The predicted molar refractivity (Wildman–Crippen MR) is 114 cm³/mol. The number of benzene rings is 1. The topological polar surface area (TPSA) is 57.0 Å². The zero-order chi connectivity index (χ0) is 19.8. The maximum Gasteiger partial charge on any atom is 0.272 e. The highest BCUT2D eigenvalue weighted by atomic mass is 32.2. The number of pyridine rings is 1. The monoisotopic (exact) mass is 427 g/mol. The van der Waals surface area contributed by atoms with Crippen molar-refractivity contribution in [3.8, 4) is 0 Å². The fraction of sp³-hybridized carbons (Fsp3) is 0.286. The van der Waals surface area contributed by atoms with E-state index in [1.54, 1.807) is 22.9 Å². The summed E-state index contributed by atoms with van der Waals surface area (Å²) in [6.07, 6.45) is 3.65. The van der Waals surface area contributed by atoms with Gasteiger partial charge in [-0.05, 0) is 36.6 Å². The molecule has 0 bridgehead atoms. The number of halogens is 1. The lowest BCUT2D eigenvalue weighted by Crippen LogP contribution is -2.28. The van der Waals surface area contributed by atoms with Gasteiger partial charge in [-0.1, -0.05) is 30.0 Å². The van der Waals surface area contributed by atoms with E-state index >= 15 is 0 Å². The van der Waals surface area contributed by atoms with Crippen molar-refractivity contribution in [3.63, 3.8) is 0 Å². The molecule has 1 aliphatic heterocycles. The van der Waals surface area contributed by atoms with Gasteiger partial charge in [0.25, 0.3) is 5.56 Å². The van der Waals surface area contributed by atoms with E-state index in [4.69, 9.17) is 9.72 Å². The third-order valence-corrected chi connectivity index (χ3v) is 7.16. The number of nitrogens with zero attached hydrogens (tertiary/aromatic N) is 3. The van der Waals surface area contributed by atoms with Gasteiger partial charge in [0.1, 0.15) is 15.3 Å². The van der Waals surface area contributed by atoms with Crippen LogP contribution in [0.4, 0.5) is 4.39 Å². The number of thioether (sulfide) groups is 1. The zero-order valence-corrected chi connectivity index (χ0v) is 17.1. The van der Waals surface area contributed by atoms with Crippen LogP contribution in [0.3, 0.4) is 0 Å². The molecule has 5 rings (SSSR count). The molecule has 1 unspecified atom stereocenters. The number of rotatable bonds is 5. The van der Waals surface area contributed by atoms with E-state index in [1.807, 2.05) is 18.2 Å². The van der Waals surface area contributed by atoms with E-state index in [1.165, 1.54) is 29.2 Å². The van der Waals surface area contributed by atoms with Gasteiger partial charge in [0.15, 0.2) is 5.16 Å². The van der Waals surface area contributed by atoms with Crippen molar-refractivity contribution in [2.24, 2.45) is 0 Å². The maximum absolute atomic E-state index is 14.1. The second kappa shape index (κ2) is 7.85. The summed E-state index contributed by atoms with van der Waals surface area (Å²) in [7, 11) is 0. The quantitative estimate of drug-likeness (QED) is 0.344. The number of thiophene rings is 1. The van der Waals surface area contributed by atoms with E-state index in [0.717, 1.165) is 29.7 Å². The molecule has 0 amide bonds. The Hall–Kier alpha value is -2.29. The van der Waals surface area contributed by atoms with Crippen LogP contribution in [0, 0.1) is 5.82 Å². The van der Waals surface area contributed by atoms with Gasteiger partial charge in [-0.2, -0.15) is 0 Å². The molecular formula is C21H18FN3O2S2. The van der Waals surface area contributed by atoms with Gasteiger partial charge in [-0.25, -0.2) is 14.4 Å². The molecule has 148 valence electrons. The molecule has 5 nitrogen and oxygen atoms in total. The van der Waals surface area contributed by atoms with Gasteiger partial charge in [0.05, 0.1) is 18.2 Å². The van der Waals surface area contributed by atoms with Gasteiger partial charge in [0.2, 0.25) is 0 Å². The van der Waals surface area contributed by atoms with Crippen molar-refractivity contribution in [3.05, 3.63) is 64.3 Å². The molecule has 1 aromatic carbocycles. The average Bonchev–Trinajstić information content (AvgIpc) is 3.38. The van der Waals surface area contributed by atoms with Crippen LogP contribution in [-0.4, -0.2) is 27.2 Å². The molecule has 29 heavy (non-hydrogen) atoms. The van der Waals surface area contributed by atoms with Crippen molar-refractivity contribution < 1.29 is 9.13 Å². The molecular weight excluding hydrogens is 409 g/mol. The Morgan fingerprint density at radius 3 is 3.00 bits per heavy atom. The van der Waals surface area contributed by atoms with Crippen LogP contribution in [0.25, 0.3) is 20.4 Å². The first-order valence-corrected chi connectivity index (χ1v) is 11.3. The fourth-order valence-corrected chi connectivity index (χ4v) is 5.58. The highest BCUT2D eigenvalue weighted by Crippen LogP contribution is 2.32. The molecule has 3 aromatic heterocycles. The molecule has 0 radical (unpaired) electrons. The number of hydrogen-bond acceptors (Lipinski definition) is 6. The van der Waals surface area contributed by atoms with Gasteiger partial charge in [0, 0.05) is 23.9 Å². The van der Waals surface area contributed by atoms with Crippen LogP contribution in [0.15, 0.2) is 52.5 Å². The van der Waals surface area contributed by atoms with Crippen molar-refractivity contribution in [1.29, 1.82) is 0 Å². The van der Waals surface area contributed by atoms with Crippen LogP contribution >= 0.6 is 23.1 Å². The van der Waals surface area contributed by atoms with Crippen LogP contribution in [0.1, 0.15) is 18.4 Å². The van der Waals surface area contributed by atoms with Crippen LogP contribution in [-0.2, 0) is 17.0 Å². The minimum absolute atomic E-state index is 0.00673. The van der Waals surface area contributed by atoms with E-state index in [0.29, 0.717) is 33.2 Å². The highest BCUT2D eigenvalue weighted by Gasteiger charge is 2.22. The lowest BCUT2D eigenvalue weighted by molar-refractivity contribution is 0.0938. The third kappa shape index (κ3) is 3.56. The lowest BCUT2D eigenvalue weighted by atomic mass is 10.2. The number of fused-ring (bicyclic) bond motifs is 3. The van der Waals surface area contributed by atoms with Crippen molar-refractivity contribution >= 4 is 43.5 Å². The summed E-state index contributed by atoms with van der Waals surface area (Å²) in [6, 6.07) is 10.5. The predicted octanol–water partition coefficient (Wildman–Crippen LogP) is 4.62. The van der Waals surface area contributed by atoms with Crippen molar-refractivity contribution in [2.75, 3.05) is 6.61 Å². The molecule has 0 saturated carbocycles. The van der Waals surface area contributed by atoms with Crippen LogP contribution < -0.4 is 5.56 Å². The molecule has 0 N–H and O–H groups in total. The van der Waals surface area contributed by atoms with Crippen LogP contribution in [0.5, 0.6) is 0 Å². The normalized spacial score (nSPS) is 16.8. The third-order valence-electron chi connectivity index (χ3n) is 5.04. The number of ether oxygens (including phenoxy) is 1. The minimum atomic E-state index is -0.251.